The molecule has 4 atom stereocenters. The second kappa shape index (κ2) is 8.13. The second-order valence-electron chi connectivity index (χ2n) is 8.95. The van der Waals surface area contributed by atoms with E-state index in [1.165, 1.54) is 12.1 Å². The molecule has 0 bridgehead atoms. The van der Waals surface area contributed by atoms with E-state index in [4.69, 9.17) is 11.6 Å². The van der Waals surface area contributed by atoms with Crippen LogP contribution >= 0.6 is 11.6 Å². The maximum Gasteiger partial charge on any atom is 0.271 e. The second-order valence-corrected chi connectivity index (χ2v) is 9.35. The molecular weight excluding hydrogens is 482 g/mol. The minimum atomic E-state index is -0.985. The number of ketones is 1. The van der Waals surface area contributed by atoms with E-state index >= 15 is 0 Å². The molecule has 0 aliphatic carbocycles. The molecule has 0 saturated carbocycles. The lowest BCUT2D eigenvalue weighted by molar-refractivity contribution is -0.384. The van der Waals surface area contributed by atoms with Crippen molar-refractivity contribution in [3.05, 3.63) is 105 Å². The minimum Gasteiger partial charge on any atom is -0.352 e. The molecule has 2 saturated heterocycles. The molecule has 3 heterocycles. The summed E-state index contributed by atoms with van der Waals surface area (Å²) < 4.78 is 0. The van der Waals surface area contributed by atoms with Crippen LogP contribution in [0.3, 0.4) is 0 Å². The molecule has 178 valence electrons. The number of rotatable bonds is 4. The topological polar surface area (TPSA) is 101 Å². The zero-order valence-electron chi connectivity index (χ0n) is 18.7. The number of para-hydroxylation sites is 1. The summed E-state index contributed by atoms with van der Waals surface area (Å²) in [7, 11) is 0. The molecule has 2 amide bonds. The van der Waals surface area contributed by atoms with E-state index in [2.05, 4.69) is 0 Å². The zero-order chi connectivity index (χ0) is 25.1. The Kier molecular flexibility index (Phi) is 5.01. The van der Waals surface area contributed by atoms with Gasteiger partial charge in [-0.2, -0.15) is 0 Å². The van der Waals surface area contributed by atoms with E-state index in [1.54, 1.807) is 30.3 Å². The Morgan fingerprint density at radius 1 is 0.889 bits per heavy atom. The molecule has 3 aromatic carbocycles. The molecule has 6 rings (SSSR count). The van der Waals surface area contributed by atoms with Crippen LogP contribution in [0.5, 0.6) is 0 Å². The number of fused-ring (bicyclic) bond motifs is 5. The molecule has 0 N–H and O–H groups in total. The van der Waals surface area contributed by atoms with E-state index in [-0.39, 0.29) is 22.2 Å². The van der Waals surface area contributed by atoms with Gasteiger partial charge in [0.15, 0.2) is 5.78 Å². The lowest BCUT2D eigenvalue weighted by Gasteiger charge is -2.36. The van der Waals surface area contributed by atoms with Crippen LogP contribution in [-0.4, -0.2) is 34.6 Å². The summed E-state index contributed by atoms with van der Waals surface area (Å²) in [5.74, 6) is -3.24. The molecule has 0 spiro atoms. The van der Waals surface area contributed by atoms with Crippen molar-refractivity contribution in [3.8, 4) is 0 Å². The predicted molar refractivity (Wildman–Crippen MR) is 134 cm³/mol. The van der Waals surface area contributed by atoms with Crippen molar-refractivity contribution in [2.75, 3.05) is 9.80 Å². The fraction of sp³-hybridized carbons (Fsp3) is 0.148. The number of halogens is 1. The van der Waals surface area contributed by atoms with Crippen molar-refractivity contribution < 1.29 is 19.3 Å². The van der Waals surface area contributed by atoms with Crippen LogP contribution in [0.2, 0.25) is 5.02 Å². The average Bonchev–Trinajstić information content (AvgIpc) is 3.37. The van der Waals surface area contributed by atoms with Gasteiger partial charge in [-0.05, 0) is 17.7 Å². The Bertz CT molecular complexity index is 1490. The van der Waals surface area contributed by atoms with Gasteiger partial charge in [0.1, 0.15) is 6.04 Å². The van der Waals surface area contributed by atoms with Crippen molar-refractivity contribution >= 4 is 52.3 Å². The van der Waals surface area contributed by atoms with Crippen LogP contribution in [-0.2, 0) is 9.59 Å². The molecule has 3 aliphatic rings. The third-order valence-corrected chi connectivity index (χ3v) is 7.44. The van der Waals surface area contributed by atoms with Gasteiger partial charge in [0.05, 0.1) is 33.5 Å². The lowest BCUT2D eigenvalue weighted by Crippen LogP contribution is -2.48. The summed E-state index contributed by atoms with van der Waals surface area (Å²) in [6, 6.07) is 18.3. The Labute approximate surface area is 210 Å². The van der Waals surface area contributed by atoms with Crippen LogP contribution in [0.15, 0.2) is 78.9 Å². The Hall–Kier alpha value is -4.30. The summed E-state index contributed by atoms with van der Waals surface area (Å²) >= 11 is 6.31. The number of Topliss-reactive ketones (excluding diaryl/α,β-unsaturated/α-hetero) is 1. The molecule has 36 heavy (non-hydrogen) atoms. The minimum absolute atomic E-state index is 0.0367. The van der Waals surface area contributed by atoms with Crippen LogP contribution in [0.1, 0.15) is 15.9 Å². The number of anilines is 2. The number of carbonyl (C=O) groups excluding carboxylic acids is 3. The number of nitrogens with zero attached hydrogens (tertiary/aromatic N) is 3. The first kappa shape index (κ1) is 22.2. The molecule has 2 fully saturated rings. The molecule has 0 radical (unpaired) electrons. The lowest BCUT2D eigenvalue weighted by atomic mass is 9.86. The largest absolute Gasteiger partial charge is 0.352 e. The molecule has 8 nitrogen and oxygen atoms in total. The molecule has 3 aromatic rings. The van der Waals surface area contributed by atoms with E-state index in [0.29, 0.717) is 5.56 Å². The number of non-ortho nitro benzene ring substituents is 1. The Balaban J connectivity index is 1.50. The SMILES string of the molecule is O=C(c1ccccc1)[C@@H]1[C@H]2C(=O)N(c3cc([N+](=O)[O-])ccc3Cl)C(=O)[C@@H]2[C@H]2C=Cc3ccccc3N21. The molecule has 9 heteroatoms. The van der Waals surface area contributed by atoms with Crippen LogP contribution in [0.25, 0.3) is 6.08 Å². The number of imide groups is 1. The van der Waals surface area contributed by atoms with E-state index in [1.807, 2.05) is 41.3 Å². The highest BCUT2D eigenvalue weighted by atomic mass is 35.5. The Morgan fingerprint density at radius 3 is 2.33 bits per heavy atom. The first-order chi connectivity index (χ1) is 17.4. The van der Waals surface area contributed by atoms with E-state index < -0.39 is 40.7 Å². The quantitative estimate of drug-likeness (QED) is 0.226. The summed E-state index contributed by atoms with van der Waals surface area (Å²) in [6.07, 6.45) is 3.74. The predicted octanol–water partition coefficient (Wildman–Crippen LogP) is 4.52. The molecule has 3 aliphatic heterocycles. The first-order valence-corrected chi connectivity index (χ1v) is 11.7. The third kappa shape index (κ3) is 3.11. The van der Waals surface area contributed by atoms with Gasteiger partial charge in [0.25, 0.3) is 5.69 Å². The summed E-state index contributed by atoms with van der Waals surface area (Å²) in [5.41, 5.74) is 1.75. The fourth-order valence-corrected chi connectivity index (χ4v) is 5.81. The number of benzene rings is 3. The zero-order valence-corrected chi connectivity index (χ0v) is 19.4. The smallest absolute Gasteiger partial charge is 0.271 e. The summed E-state index contributed by atoms with van der Waals surface area (Å²) in [4.78, 5) is 55.1. The van der Waals surface area contributed by atoms with Gasteiger partial charge in [0, 0.05) is 23.4 Å². The standard InChI is InChI=1S/C27H18ClN3O5/c28-18-12-11-17(31(35)36)14-21(18)30-26(33)22-20-13-10-15-6-4-5-9-19(15)29(20)24(23(22)27(30)34)25(32)16-7-2-1-3-8-16/h1-14,20,22-24H/t20-,22-,23+,24+/m1/s1. The van der Waals surface area contributed by atoms with E-state index in [0.717, 1.165) is 22.2 Å². The van der Waals surface area contributed by atoms with Crippen molar-refractivity contribution in [3.63, 3.8) is 0 Å². The molecule has 0 aromatic heterocycles. The number of hydrogen-bond acceptors (Lipinski definition) is 6. The molecular formula is C27H18ClN3O5. The number of nitro benzene ring substituents is 1. The third-order valence-electron chi connectivity index (χ3n) is 7.12. The van der Waals surface area contributed by atoms with Crippen molar-refractivity contribution in [1.82, 2.24) is 0 Å². The van der Waals surface area contributed by atoms with Gasteiger partial charge in [-0.15, -0.1) is 0 Å². The van der Waals surface area contributed by atoms with E-state index in [9.17, 15) is 24.5 Å². The van der Waals surface area contributed by atoms with Crippen molar-refractivity contribution in [2.45, 2.75) is 12.1 Å². The molecule has 0 unspecified atom stereocenters. The van der Waals surface area contributed by atoms with Gasteiger partial charge in [0.2, 0.25) is 11.8 Å². The highest BCUT2D eigenvalue weighted by molar-refractivity contribution is 6.36. The van der Waals surface area contributed by atoms with Gasteiger partial charge >= 0.3 is 0 Å². The fourth-order valence-electron chi connectivity index (χ4n) is 5.61. The number of carbonyl (C=O) groups is 3. The van der Waals surface area contributed by atoms with Gasteiger partial charge in [-0.3, -0.25) is 24.5 Å². The van der Waals surface area contributed by atoms with Gasteiger partial charge in [-0.25, -0.2) is 4.90 Å². The maximum atomic E-state index is 13.9. The Morgan fingerprint density at radius 2 is 1.58 bits per heavy atom. The summed E-state index contributed by atoms with van der Waals surface area (Å²) in [6.45, 7) is 0. The number of nitro groups is 1. The monoisotopic (exact) mass is 499 g/mol. The maximum absolute atomic E-state index is 13.9. The van der Waals surface area contributed by atoms with Crippen molar-refractivity contribution in [2.24, 2.45) is 11.8 Å². The number of amides is 2. The van der Waals surface area contributed by atoms with Crippen LogP contribution in [0, 0.1) is 22.0 Å². The number of hydrogen-bond donors (Lipinski definition) is 0. The first-order valence-electron chi connectivity index (χ1n) is 11.3. The normalized spacial score (nSPS) is 23.9. The van der Waals surface area contributed by atoms with Crippen LogP contribution < -0.4 is 9.80 Å². The highest BCUT2D eigenvalue weighted by Crippen LogP contribution is 2.50. The van der Waals surface area contributed by atoms with Gasteiger partial charge in [-0.1, -0.05) is 72.3 Å². The average molecular weight is 500 g/mol. The summed E-state index contributed by atoms with van der Waals surface area (Å²) in [5, 5.41) is 11.4. The van der Waals surface area contributed by atoms with Crippen LogP contribution in [0.4, 0.5) is 17.1 Å². The van der Waals surface area contributed by atoms with Gasteiger partial charge < -0.3 is 4.90 Å². The van der Waals surface area contributed by atoms with Crippen molar-refractivity contribution in [1.29, 1.82) is 0 Å². The highest BCUT2D eigenvalue weighted by Gasteiger charge is 2.64.